The van der Waals surface area contributed by atoms with Gasteiger partial charge in [0.05, 0.1) is 0 Å². The number of aromatic nitrogens is 2. The lowest BCUT2D eigenvalue weighted by Crippen LogP contribution is -1.95. The van der Waals surface area contributed by atoms with Crippen molar-refractivity contribution in [3.63, 3.8) is 0 Å². The SMILES string of the molecule is NCc1ccc(-c2nc3ccc(Cl)nc3o2)cc1. The van der Waals surface area contributed by atoms with E-state index in [2.05, 4.69) is 9.97 Å². The number of benzene rings is 1. The fraction of sp³-hybridized carbons (Fsp3) is 0.0769. The molecule has 2 N–H and O–H groups in total. The molecule has 3 aromatic rings. The van der Waals surface area contributed by atoms with Gasteiger partial charge in [-0.15, -0.1) is 0 Å². The van der Waals surface area contributed by atoms with Gasteiger partial charge in [0.1, 0.15) is 10.7 Å². The van der Waals surface area contributed by atoms with Crippen LogP contribution in [0.25, 0.3) is 22.7 Å². The molecule has 0 bridgehead atoms. The van der Waals surface area contributed by atoms with Gasteiger partial charge in [-0.05, 0) is 29.8 Å². The summed E-state index contributed by atoms with van der Waals surface area (Å²) in [4.78, 5) is 8.43. The number of rotatable bonds is 2. The van der Waals surface area contributed by atoms with Crippen LogP contribution in [0.15, 0.2) is 40.8 Å². The van der Waals surface area contributed by atoms with Crippen LogP contribution in [-0.4, -0.2) is 9.97 Å². The highest BCUT2D eigenvalue weighted by Gasteiger charge is 2.09. The molecule has 2 heterocycles. The van der Waals surface area contributed by atoms with Gasteiger partial charge < -0.3 is 10.2 Å². The number of fused-ring (bicyclic) bond motifs is 1. The van der Waals surface area contributed by atoms with Crippen LogP contribution in [0.2, 0.25) is 5.15 Å². The van der Waals surface area contributed by atoms with Crippen LogP contribution in [-0.2, 0) is 6.54 Å². The Morgan fingerprint density at radius 3 is 2.56 bits per heavy atom. The van der Waals surface area contributed by atoms with E-state index < -0.39 is 0 Å². The zero-order valence-electron chi connectivity index (χ0n) is 9.43. The first-order valence-corrected chi connectivity index (χ1v) is 5.86. The summed E-state index contributed by atoms with van der Waals surface area (Å²) in [5, 5.41) is 0.392. The van der Waals surface area contributed by atoms with E-state index in [0.717, 1.165) is 11.1 Å². The van der Waals surface area contributed by atoms with E-state index in [0.29, 0.717) is 28.8 Å². The summed E-state index contributed by atoms with van der Waals surface area (Å²) in [5.41, 5.74) is 8.65. The van der Waals surface area contributed by atoms with E-state index in [1.54, 1.807) is 12.1 Å². The first-order valence-electron chi connectivity index (χ1n) is 5.49. The standard InChI is InChI=1S/C13H10ClN3O/c14-11-6-5-10-13(17-11)18-12(16-10)9-3-1-8(7-15)2-4-9/h1-6H,7,15H2. The molecule has 0 saturated heterocycles. The monoisotopic (exact) mass is 259 g/mol. The highest BCUT2D eigenvalue weighted by atomic mass is 35.5. The molecular weight excluding hydrogens is 250 g/mol. The van der Waals surface area contributed by atoms with Crippen LogP contribution < -0.4 is 5.73 Å². The third kappa shape index (κ3) is 1.96. The van der Waals surface area contributed by atoms with Gasteiger partial charge in [0.25, 0.3) is 0 Å². The van der Waals surface area contributed by atoms with E-state index in [4.69, 9.17) is 21.8 Å². The number of halogens is 1. The minimum atomic E-state index is 0.392. The molecule has 0 unspecified atom stereocenters. The van der Waals surface area contributed by atoms with Gasteiger partial charge in [-0.2, -0.15) is 4.98 Å². The Hall–Kier alpha value is -1.91. The Morgan fingerprint density at radius 2 is 1.83 bits per heavy atom. The van der Waals surface area contributed by atoms with Gasteiger partial charge in [0.15, 0.2) is 0 Å². The van der Waals surface area contributed by atoms with Crippen molar-refractivity contribution in [2.75, 3.05) is 0 Å². The third-order valence-electron chi connectivity index (χ3n) is 2.66. The predicted octanol–water partition coefficient (Wildman–Crippen LogP) is 3.00. The fourth-order valence-corrected chi connectivity index (χ4v) is 1.84. The van der Waals surface area contributed by atoms with Crippen molar-refractivity contribution in [3.8, 4) is 11.5 Å². The molecule has 0 amide bonds. The van der Waals surface area contributed by atoms with Gasteiger partial charge in [0.2, 0.25) is 11.6 Å². The molecular formula is C13H10ClN3O. The topological polar surface area (TPSA) is 64.9 Å². The van der Waals surface area contributed by atoms with Crippen molar-refractivity contribution < 1.29 is 4.42 Å². The Morgan fingerprint density at radius 1 is 1.06 bits per heavy atom. The largest absolute Gasteiger partial charge is 0.418 e. The van der Waals surface area contributed by atoms with Crippen LogP contribution >= 0.6 is 11.6 Å². The first-order chi connectivity index (χ1) is 8.76. The molecule has 4 nitrogen and oxygen atoms in total. The summed E-state index contributed by atoms with van der Waals surface area (Å²) in [6.07, 6.45) is 0. The van der Waals surface area contributed by atoms with Crippen LogP contribution in [0.1, 0.15) is 5.56 Å². The molecule has 0 spiro atoms. The maximum atomic E-state index is 5.80. The second kappa shape index (κ2) is 4.40. The minimum Gasteiger partial charge on any atom is -0.418 e. The molecule has 5 heteroatoms. The summed E-state index contributed by atoms with van der Waals surface area (Å²) in [6.45, 7) is 0.519. The van der Waals surface area contributed by atoms with Crippen LogP contribution in [0.5, 0.6) is 0 Å². The van der Waals surface area contributed by atoms with E-state index in [1.807, 2.05) is 24.3 Å². The summed E-state index contributed by atoms with van der Waals surface area (Å²) < 4.78 is 5.57. The van der Waals surface area contributed by atoms with Gasteiger partial charge in [-0.3, -0.25) is 0 Å². The molecule has 0 aliphatic heterocycles. The predicted molar refractivity (Wildman–Crippen MR) is 70.1 cm³/mol. The maximum absolute atomic E-state index is 5.80. The maximum Gasteiger partial charge on any atom is 0.248 e. The third-order valence-corrected chi connectivity index (χ3v) is 2.87. The molecule has 0 radical (unpaired) electrons. The van der Waals surface area contributed by atoms with E-state index in [1.165, 1.54) is 0 Å². The summed E-state index contributed by atoms with van der Waals surface area (Å²) in [5.74, 6) is 0.531. The Labute approximate surface area is 108 Å². The molecule has 0 saturated carbocycles. The van der Waals surface area contributed by atoms with Crippen molar-refractivity contribution in [2.24, 2.45) is 5.73 Å². The van der Waals surface area contributed by atoms with Crippen LogP contribution in [0, 0.1) is 0 Å². The zero-order chi connectivity index (χ0) is 12.5. The lowest BCUT2D eigenvalue weighted by atomic mass is 10.1. The van der Waals surface area contributed by atoms with Crippen molar-refractivity contribution in [1.82, 2.24) is 9.97 Å². The molecule has 18 heavy (non-hydrogen) atoms. The van der Waals surface area contributed by atoms with Gasteiger partial charge in [-0.1, -0.05) is 23.7 Å². The van der Waals surface area contributed by atoms with Crippen LogP contribution in [0.3, 0.4) is 0 Å². The number of hydrogen-bond acceptors (Lipinski definition) is 4. The Balaban J connectivity index is 2.07. The normalized spacial score (nSPS) is 11.0. The quantitative estimate of drug-likeness (QED) is 0.719. The summed E-state index contributed by atoms with van der Waals surface area (Å²) in [7, 11) is 0. The van der Waals surface area contributed by atoms with Crippen molar-refractivity contribution >= 4 is 22.8 Å². The van der Waals surface area contributed by atoms with E-state index in [-0.39, 0.29) is 0 Å². The number of hydrogen-bond donors (Lipinski definition) is 1. The van der Waals surface area contributed by atoms with E-state index >= 15 is 0 Å². The summed E-state index contributed by atoms with van der Waals surface area (Å²) >= 11 is 5.80. The van der Waals surface area contributed by atoms with Crippen LogP contribution in [0.4, 0.5) is 0 Å². The molecule has 0 aliphatic rings. The smallest absolute Gasteiger partial charge is 0.248 e. The Kier molecular flexibility index (Phi) is 2.74. The van der Waals surface area contributed by atoms with Gasteiger partial charge in [0, 0.05) is 12.1 Å². The molecule has 0 atom stereocenters. The van der Waals surface area contributed by atoms with Crippen molar-refractivity contribution in [3.05, 3.63) is 47.1 Å². The molecule has 0 aliphatic carbocycles. The molecule has 90 valence electrons. The van der Waals surface area contributed by atoms with Gasteiger partial charge >= 0.3 is 0 Å². The summed E-state index contributed by atoms with van der Waals surface area (Å²) in [6, 6.07) is 11.2. The minimum absolute atomic E-state index is 0.392. The molecule has 3 rings (SSSR count). The second-order valence-corrected chi connectivity index (χ2v) is 4.27. The number of nitrogens with two attached hydrogens (primary N) is 1. The Bertz CT molecular complexity index is 691. The first kappa shape index (κ1) is 11.2. The number of nitrogens with zero attached hydrogens (tertiary/aromatic N) is 2. The highest BCUT2D eigenvalue weighted by Crippen LogP contribution is 2.24. The average Bonchev–Trinajstić information content (AvgIpc) is 2.81. The zero-order valence-corrected chi connectivity index (χ0v) is 10.2. The molecule has 0 fully saturated rings. The van der Waals surface area contributed by atoms with Crippen molar-refractivity contribution in [2.45, 2.75) is 6.54 Å². The number of pyridine rings is 1. The highest BCUT2D eigenvalue weighted by molar-refractivity contribution is 6.29. The average molecular weight is 260 g/mol. The van der Waals surface area contributed by atoms with Gasteiger partial charge in [-0.25, -0.2) is 4.98 Å². The van der Waals surface area contributed by atoms with Crippen molar-refractivity contribution in [1.29, 1.82) is 0 Å². The fourth-order valence-electron chi connectivity index (χ4n) is 1.70. The molecule has 1 aromatic carbocycles. The lowest BCUT2D eigenvalue weighted by molar-refractivity contribution is 0.608. The number of oxazole rings is 1. The molecule has 2 aromatic heterocycles. The second-order valence-electron chi connectivity index (χ2n) is 3.88. The van der Waals surface area contributed by atoms with E-state index in [9.17, 15) is 0 Å². The lowest BCUT2D eigenvalue weighted by Gasteiger charge is -1.97.